The molecule has 1 aliphatic carbocycles. The summed E-state index contributed by atoms with van der Waals surface area (Å²) in [4.78, 5) is 55.9. The summed E-state index contributed by atoms with van der Waals surface area (Å²) in [5.74, 6) is -1.86. The van der Waals surface area contributed by atoms with E-state index in [1.807, 2.05) is 0 Å². The number of fused-ring (bicyclic) bond motifs is 5. The van der Waals surface area contributed by atoms with Crippen molar-refractivity contribution >= 4 is 29.3 Å². The van der Waals surface area contributed by atoms with Gasteiger partial charge in [-0.15, -0.1) is 5.06 Å². The molecule has 4 heterocycles. The lowest BCUT2D eigenvalue weighted by Gasteiger charge is -2.40. The Labute approximate surface area is 219 Å². The van der Waals surface area contributed by atoms with E-state index >= 15 is 0 Å². The number of para-hydroxylation sites is 1. The first kappa shape index (κ1) is 24.2. The number of allylic oxidation sites excluding steroid dienone is 3. The number of ketones is 1. The Bertz CT molecular complexity index is 1400. The summed E-state index contributed by atoms with van der Waals surface area (Å²) in [5, 5.41) is 0.501. The second kappa shape index (κ2) is 8.72. The third-order valence-electron chi connectivity index (χ3n) is 7.61. The molecule has 0 spiro atoms. The van der Waals surface area contributed by atoms with E-state index in [1.165, 1.54) is 23.0 Å². The predicted molar refractivity (Wildman–Crippen MR) is 135 cm³/mol. The number of hydrogen-bond donors (Lipinski definition) is 0. The monoisotopic (exact) mass is 516 g/mol. The van der Waals surface area contributed by atoms with Crippen LogP contribution in [0.3, 0.4) is 0 Å². The number of carbonyl (C=O) groups is 4. The van der Waals surface area contributed by atoms with Crippen molar-refractivity contribution in [1.29, 1.82) is 0 Å². The maximum atomic E-state index is 12.8. The van der Waals surface area contributed by atoms with Crippen molar-refractivity contribution in [3.8, 4) is 0 Å². The molecule has 9 heteroatoms. The molecule has 9 nitrogen and oxygen atoms in total. The highest BCUT2D eigenvalue weighted by Crippen LogP contribution is 2.53. The van der Waals surface area contributed by atoms with Crippen molar-refractivity contribution in [3.05, 3.63) is 76.4 Å². The van der Waals surface area contributed by atoms with Crippen LogP contribution in [-0.4, -0.2) is 47.4 Å². The molecule has 0 saturated carbocycles. The number of nitrogens with zero attached hydrogens (tertiary/aromatic N) is 2. The molecule has 0 bridgehead atoms. The first-order chi connectivity index (χ1) is 18.1. The van der Waals surface area contributed by atoms with E-state index in [1.54, 1.807) is 13.0 Å². The zero-order valence-electron chi connectivity index (χ0n) is 21.5. The van der Waals surface area contributed by atoms with E-state index in [4.69, 9.17) is 14.3 Å². The minimum absolute atomic E-state index is 0.0159. The molecule has 196 valence electrons. The Hall–Kier alpha value is -4.14. The van der Waals surface area contributed by atoms with Crippen molar-refractivity contribution in [1.82, 2.24) is 5.06 Å². The van der Waals surface area contributed by atoms with E-state index in [9.17, 15) is 19.2 Å². The smallest absolute Gasteiger partial charge is 0.336 e. The molecule has 6 rings (SSSR count). The highest BCUT2D eigenvalue weighted by atomic mass is 16.7. The Morgan fingerprint density at radius 1 is 1.13 bits per heavy atom. The number of ether oxygens (including phenoxy) is 2. The van der Waals surface area contributed by atoms with Crippen LogP contribution in [0.1, 0.15) is 52.0 Å². The molecule has 0 radical (unpaired) electrons. The van der Waals surface area contributed by atoms with Crippen LogP contribution >= 0.6 is 0 Å². The molecule has 4 aliphatic heterocycles. The maximum absolute atomic E-state index is 12.8. The highest BCUT2D eigenvalue weighted by molar-refractivity contribution is 6.05. The molecular weight excluding hydrogens is 488 g/mol. The topological polar surface area (TPSA) is 102 Å². The van der Waals surface area contributed by atoms with Crippen molar-refractivity contribution < 1.29 is 33.5 Å². The van der Waals surface area contributed by atoms with Crippen molar-refractivity contribution in [3.63, 3.8) is 0 Å². The average Bonchev–Trinajstić information content (AvgIpc) is 3.32. The van der Waals surface area contributed by atoms with Crippen molar-refractivity contribution in [2.45, 2.75) is 64.1 Å². The highest BCUT2D eigenvalue weighted by Gasteiger charge is 2.47. The summed E-state index contributed by atoms with van der Waals surface area (Å²) < 4.78 is 12.4. The fourth-order valence-corrected chi connectivity index (χ4v) is 5.90. The molecular formula is C29H28N2O7. The van der Waals surface area contributed by atoms with E-state index in [0.29, 0.717) is 10.8 Å². The summed E-state index contributed by atoms with van der Waals surface area (Å²) in [6.45, 7) is 6.85. The number of carbonyl (C=O) groups excluding carboxylic acids is 4. The molecule has 5 aliphatic rings. The first-order valence-corrected chi connectivity index (χ1v) is 12.9. The SMILES string of the molecule is CC(CC(=O)ON1C(=O)CCC1=O)OC1=C2OC3CCN4C(=C3C=C2C=CC1=O)C(C)(C)c1ccccc14. The standard InChI is InChI=1S/C29H28N2O7/c1-16(14-25(35)38-31-23(33)10-11-24(31)34)36-27-21(32)9-8-17-15-18-22(37-26(17)27)12-13-30-20-7-5-4-6-19(20)29(2,3)28(18)30/h4-9,15-16,22H,10-14H2,1-3H3. The van der Waals surface area contributed by atoms with Gasteiger partial charge in [-0.25, -0.2) is 4.79 Å². The zero-order chi connectivity index (χ0) is 26.8. The third-order valence-corrected chi connectivity index (χ3v) is 7.61. The normalized spacial score (nSPS) is 23.9. The van der Waals surface area contributed by atoms with Crippen LogP contribution in [0.15, 0.2) is 70.9 Å². The number of imide groups is 1. The molecule has 1 aromatic rings. The van der Waals surface area contributed by atoms with Crippen LogP contribution < -0.4 is 4.90 Å². The third kappa shape index (κ3) is 3.76. The number of anilines is 1. The van der Waals surface area contributed by atoms with Crippen LogP contribution in [0.2, 0.25) is 0 Å². The van der Waals surface area contributed by atoms with Gasteiger partial charge in [-0.1, -0.05) is 32.0 Å². The molecule has 38 heavy (non-hydrogen) atoms. The first-order valence-electron chi connectivity index (χ1n) is 12.9. The van der Waals surface area contributed by atoms with Gasteiger partial charge in [0.1, 0.15) is 12.2 Å². The van der Waals surface area contributed by atoms with Gasteiger partial charge >= 0.3 is 5.97 Å². The lowest BCUT2D eigenvalue weighted by Crippen LogP contribution is -2.40. The second-order valence-electron chi connectivity index (χ2n) is 10.6. The molecule has 1 aromatic carbocycles. The average molecular weight is 517 g/mol. The van der Waals surface area contributed by atoms with Gasteiger partial charge in [-0.3, -0.25) is 14.4 Å². The number of hydroxylamine groups is 2. The Kier molecular flexibility index (Phi) is 5.55. The number of hydrogen-bond acceptors (Lipinski definition) is 8. The van der Waals surface area contributed by atoms with Crippen molar-refractivity contribution in [2.24, 2.45) is 0 Å². The summed E-state index contributed by atoms with van der Waals surface area (Å²) in [6, 6.07) is 8.45. The fourth-order valence-electron chi connectivity index (χ4n) is 5.90. The van der Waals surface area contributed by atoms with E-state index in [0.717, 1.165) is 24.1 Å². The summed E-state index contributed by atoms with van der Waals surface area (Å²) in [5.41, 5.74) is 5.32. The summed E-state index contributed by atoms with van der Waals surface area (Å²) in [6.07, 6.45) is 4.75. The van der Waals surface area contributed by atoms with E-state index in [2.05, 4.69) is 49.1 Å². The minimum atomic E-state index is -0.798. The Balaban J connectivity index is 1.27. The Morgan fingerprint density at radius 2 is 1.87 bits per heavy atom. The summed E-state index contributed by atoms with van der Waals surface area (Å²) >= 11 is 0. The van der Waals surface area contributed by atoms with Crippen LogP contribution in [-0.2, 0) is 38.9 Å². The lowest BCUT2D eigenvalue weighted by atomic mass is 9.79. The second-order valence-corrected chi connectivity index (χ2v) is 10.6. The maximum Gasteiger partial charge on any atom is 0.336 e. The number of amides is 2. The van der Waals surface area contributed by atoms with E-state index in [-0.39, 0.29) is 42.3 Å². The minimum Gasteiger partial charge on any atom is -0.483 e. The molecule has 0 N–H and O–H groups in total. The molecule has 1 saturated heterocycles. The van der Waals surface area contributed by atoms with Gasteiger partial charge in [-0.2, -0.15) is 0 Å². The number of benzene rings is 1. The predicted octanol–water partition coefficient (Wildman–Crippen LogP) is 3.52. The van der Waals surface area contributed by atoms with Crippen LogP contribution in [0.5, 0.6) is 0 Å². The Morgan fingerprint density at radius 3 is 2.63 bits per heavy atom. The lowest BCUT2D eigenvalue weighted by molar-refractivity contribution is -0.198. The molecule has 2 atom stereocenters. The van der Waals surface area contributed by atoms with Gasteiger partial charge < -0.3 is 19.2 Å². The van der Waals surface area contributed by atoms with Gasteiger partial charge in [0.05, 0.1) is 6.42 Å². The van der Waals surface area contributed by atoms with Gasteiger partial charge in [0.2, 0.25) is 11.5 Å². The largest absolute Gasteiger partial charge is 0.483 e. The fraction of sp³-hybridized carbons (Fsp3) is 0.379. The van der Waals surface area contributed by atoms with Crippen LogP contribution in [0.4, 0.5) is 5.69 Å². The van der Waals surface area contributed by atoms with Gasteiger partial charge in [0, 0.05) is 53.8 Å². The van der Waals surface area contributed by atoms with Gasteiger partial charge in [0.25, 0.3) is 11.8 Å². The molecule has 2 unspecified atom stereocenters. The molecule has 1 fully saturated rings. The van der Waals surface area contributed by atoms with E-state index < -0.39 is 23.9 Å². The summed E-state index contributed by atoms with van der Waals surface area (Å²) in [7, 11) is 0. The zero-order valence-corrected chi connectivity index (χ0v) is 21.5. The molecule has 2 amide bonds. The molecule has 0 aromatic heterocycles. The van der Waals surface area contributed by atoms with Gasteiger partial charge in [-0.05, 0) is 36.8 Å². The van der Waals surface area contributed by atoms with Crippen molar-refractivity contribution in [2.75, 3.05) is 11.4 Å². The van der Waals surface area contributed by atoms with Crippen LogP contribution in [0.25, 0.3) is 0 Å². The quantitative estimate of drug-likeness (QED) is 0.548. The van der Waals surface area contributed by atoms with Gasteiger partial charge in [0.15, 0.2) is 5.76 Å². The number of rotatable bonds is 5. The van der Waals surface area contributed by atoms with Crippen LogP contribution in [0, 0.1) is 0 Å².